The largest absolute Gasteiger partial charge is 0.482 e. The number of halogens is 3. The van der Waals surface area contributed by atoms with E-state index >= 15 is 0 Å². The fourth-order valence-electron chi connectivity index (χ4n) is 2.93. The molecule has 1 aromatic heterocycles. The zero-order valence-corrected chi connectivity index (χ0v) is 18.8. The standard InChI is InChI=1S/C22H15Cl3N2O2S/c1-12-13(22-27-18-6-2-3-8-20(18)30-22)5-4-7-17(12)26-21(28)11-29-19-10-15(24)14(23)9-16(19)25/h2-10H,11H2,1H3,(H,26,28). The number of nitrogens with one attached hydrogen (secondary N) is 1. The van der Waals surface area contributed by atoms with E-state index in [2.05, 4.69) is 5.32 Å². The van der Waals surface area contributed by atoms with Gasteiger partial charge in [-0.25, -0.2) is 4.98 Å². The van der Waals surface area contributed by atoms with Crippen molar-refractivity contribution in [2.24, 2.45) is 0 Å². The van der Waals surface area contributed by atoms with Crippen LogP contribution in [0.5, 0.6) is 5.75 Å². The fraction of sp³-hybridized carbons (Fsp3) is 0.0909. The van der Waals surface area contributed by atoms with Crippen LogP contribution in [0, 0.1) is 6.92 Å². The molecule has 0 unspecified atom stereocenters. The molecule has 0 radical (unpaired) electrons. The Labute approximate surface area is 192 Å². The van der Waals surface area contributed by atoms with Gasteiger partial charge in [0.1, 0.15) is 10.8 Å². The zero-order valence-electron chi connectivity index (χ0n) is 15.7. The number of hydrogen-bond acceptors (Lipinski definition) is 4. The van der Waals surface area contributed by atoms with Crippen LogP contribution in [0.4, 0.5) is 5.69 Å². The minimum atomic E-state index is -0.318. The Hall–Kier alpha value is -2.31. The lowest BCUT2D eigenvalue weighted by Crippen LogP contribution is -2.20. The Morgan fingerprint density at radius 2 is 1.80 bits per heavy atom. The number of anilines is 1. The molecule has 0 saturated heterocycles. The molecule has 4 rings (SSSR count). The lowest BCUT2D eigenvalue weighted by molar-refractivity contribution is -0.118. The predicted molar refractivity (Wildman–Crippen MR) is 125 cm³/mol. The van der Waals surface area contributed by atoms with E-state index in [1.54, 1.807) is 11.3 Å². The summed E-state index contributed by atoms with van der Waals surface area (Å²) in [5.41, 5.74) is 3.55. The minimum Gasteiger partial charge on any atom is -0.482 e. The van der Waals surface area contributed by atoms with Gasteiger partial charge in [-0.3, -0.25) is 4.79 Å². The molecule has 0 atom stereocenters. The number of para-hydroxylation sites is 1. The Morgan fingerprint density at radius 3 is 2.60 bits per heavy atom. The zero-order chi connectivity index (χ0) is 21.3. The predicted octanol–water partition coefficient (Wildman–Crippen LogP) is 7.25. The van der Waals surface area contributed by atoms with E-state index in [0.717, 1.165) is 26.4 Å². The van der Waals surface area contributed by atoms with Crippen molar-refractivity contribution >= 4 is 68.0 Å². The van der Waals surface area contributed by atoms with Crippen LogP contribution < -0.4 is 10.1 Å². The number of carbonyl (C=O) groups excluding carboxylic acids is 1. The van der Waals surface area contributed by atoms with Gasteiger partial charge in [0.05, 0.1) is 25.3 Å². The number of benzene rings is 3. The molecule has 4 aromatic rings. The molecule has 4 nitrogen and oxygen atoms in total. The van der Waals surface area contributed by atoms with Crippen LogP contribution in [0.25, 0.3) is 20.8 Å². The molecule has 0 bridgehead atoms. The van der Waals surface area contributed by atoms with Crippen LogP contribution in [0.15, 0.2) is 54.6 Å². The van der Waals surface area contributed by atoms with E-state index in [9.17, 15) is 4.79 Å². The maximum atomic E-state index is 12.4. The van der Waals surface area contributed by atoms with E-state index in [0.29, 0.717) is 21.5 Å². The van der Waals surface area contributed by atoms with Crippen LogP contribution in [-0.2, 0) is 4.79 Å². The molecule has 3 aromatic carbocycles. The van der Waals surface area contributed by atoms with Crippen molar-refractivity contribution in [2.45, 2.75) is 6.92 Å². The molecular formula is C22H15Cl3N2O2S. The lowest BCUT2D eigenvalue weighted by Gasteiger charge is -2.13. The van der Waals surface area contributed by atoms with Gasteiger partial charge in [0.25, 0.3) is 5.91 Å². The lowest BCUT2D eigenvalue weighted by atomic mass is 10.1. The number of nitrogens with zero attached hydrogens (tertiary/aromatic N) is 1. The monoisotopic (exact) mass is 476 g/mol. The van der Waals surface area contributed by atoms with E-state index in [-0.39, 0.29) is 17.5 Å². The molecule has 0 aliphatic carbocycles. The molecular weight excluding hydrogens is 463 g/mol. The highest BCUT2D eigenvalue weighted by Crippen LogP contribution is 2.35. The smallest absolute Gasteiger partial charge is 0.262 e. The van der Waals surface area contributed by atoms with Crippen LogP contribution in [0.3, 0.4) is 0 Å². The number of rotatable bonds is 5. The molecule has 0 aliphatic rings. The first kappa shape index (κ1) is 20.9. The first-order valence-corrected chi connectivity index (χ1v) is 10.9. The summed E-state index contributed by atoms with van der Waals surface area (Å²) in [6, 6.07) is 16.7. The van der Waals surface area contributed by atoms with Gasteiger partial charge in [0.15, 0.2) is 6.61 Å². The third kappa shape index (κ3) is 4.40. The summed E-state index contributed by atoms with van der Waals surface area (Å²) in [6.45, 7) is 1.73. The maximum Gasteiger partial charge on any atom is 0.262 e. The summed E-state index contributed by atoms with van der Waals surface area (Å²) < 4.78 is 6.62. The number of fused-ring (bicyclic) bond motifs is 1. The SMILES string of the molecule is Cc1c(NC(=O)COc2cc(Cl)c(Cl)cc2Cl)cccc1-c1nc2ccccc2s1. The molecule has 1 amide bonds. The average Bonchev–Trinajstić information content (AvgIpc) is 3.15. The number of carbonyl (C=O) groups is 1. The van der Waals surface area contributed by atoms with Gasteiger partial charge in [-0.15, -0.1) is 11.3 Å². The Balaban J connectivity index is 1.50. The average molecular weight is 478 g/mol. The first-order valence-electron chi connectivity index (χ1n) is 8.95. The number of aromatic nitrogens is 1. The minimum absolute atomic E-state index is 0.220. The molecule has 0 saturated carbocycles. The van der Waals surface area contributed by atoms with Gasteiger partial charge in [-0.1, -0.05) is 59.1 Å². The summed E-state index contributed by atoms with van der Waals surface area (Å²) >= 11 is 19.6. The van der Waals surface area contributed by atoms with Gasteiger partial charge >= 0.3 is 0 Å². The number of amides is 1. The normalized spacial score (nSPS) is 10.9. The van der Waals surface area contributed by atoms with Crippen molar-refractivity contribution in [3.8, 4) is 16.3 Å². The third-order valence-corrected chi connectivity index (χ3v) is 6.55. The molecule has 1 heterocycles. The molecule has 152 valence electrons. The number of ether oxygens (including phenoxy) is 1. The third-order valence-electron chi connectivity index (χ3n) is 4.47. The van der Waals surface area contributed by atoms with E-state index < -0.39 is 0 Å². The van der Waals surface area contributed by atoms with Gasteiger partial charge in [0, 0.05) is 17.3 Å². The van der Waals surface area contributed by atoms with Crippen LogP contribution >= 0.6 is 46.1 Å². The second-order valence-corrected chi connectivity index (χ2v) is 8.75. The maximum absolute atomic E-state index is 12.4. The second-order valence-electron chi connectivity index (χ2n) is 6.50. The van der Waals surface area contributed by atoms with E-state index in [1.165, 1.54) is 12.1 Å². The van der Waals surface area contributed by atoms with Crippen LogP contribution in [0.1, 0.15) is 5.56 Å². The molecule has 1 N–H and O–H groups in total. The van der Waals surface area contributed by atoms with E-state index in [4.69, 9.17) is 44.5 Å². The van der Waals surface area contributed by atoms with Gasteiger partial charge < -0.3 is 10.1 Å². The Morgan fingerprint density at radius 1 is 1.03 bits per heavy atom. The summed E-state index contributed by atoms with van der Waals surface area (Å²) in [7, 11) is 0. The summed E-state index contributed by atoms with van der Waals surface area (Å²) in [5, 5.41) is 4.69. The van der Waals surface area contributed by atoms with E-state index in [1.807, 2.05) is 49.4 Å². The fourth-order valence-corrected chi connectivity index (χ4v) is 4.57. The Kier molecular flexibility index (Phi) is 6.16. The van der Waals surface area contributed by atoms with Gasteiger partial charge in [-0.2, -0.15) is 0 Å². The molecule has 8 heteroatoms. The van der Waals surface area contributed by atoms with Crippen molar-refractivity contribution in [2.75, 3.05) is 11.9 Å². The summed E-state index contributed by atoms with van der Waals surface area (Å²) in [4.78, 5) is 17.1. The first-order chi connectivity index (χ1) is 14.4. The van der Waals surface area contributed by atoms with Crippen LogP contribution in [0.2, 0.25) is 15.1 Å². The Bertz CT molecular complexity index is 1220. The number of thiazole rings is 1. The van der Waals surface area contributed by atoms with Gasteiger partial charge in [-0.05, 0) is 36.8 Å². The van der Waals surface area contributed by atoms with Crippen molar-refractivity contribution in [1.29, 1.82) is 0 Å². The van der Waals surface area contributed by atoms with Crippen molar-refractivity contribution in [1.82, 2.24) is 4.98 Å². The highest BCUT2D eigenvalue weighted by Gasteiger charge is 2.14. The molecule has 0 spiro atoms. The van der Waals surface area contributed by atoms with Crippen molar-refractivity contribution in [3.63, 3.8) is 0 Å². The quantitative estimate of drug-likeness (QED) is 0.308. The van der Waals surface area contributed by atoms with Crippen molar-refractivity contribution in [3.05, 3.63) is 75.2 Å². The highest BCUT2D eigenvalue weighted by molar-refractivity contribution is 7.21. The van der Waals surface area contributed by atoms with Crippen LogP contribution in [-0.4, -0.2) is 17.5 Å². The second kappa shape index (κ2) is 8.82. The summed E-state index contributed by atoms with van der Waals surface area (Å²) in [5.74, 6) is -0.0251. The van der Waals surface area contributed by atoms with Crippen molar-refractivity contribution < 1.29 is 9.53 Å². The van der Waals surface area contributed by atoms with Gasteiger partial charge in [0.2, 0.25) is 0 Å². The highest BCUT2D eigenvalue weighted by atomic mass is 35.5. The number of hydrogen-bond donors (Lipinski definition) is 1. The molecule has 0 aliphatic heterocycles. The summed E-state index contributed by atoms with van der Waals surface area (Å²) in [6.07, 6.45) is 0. The molecule has 0 fully saturated rings. The molecule has 30 heavy (non-hydrogen) atoms. The topological polar surface area (TPSA) is 51.2 Å².